The van der Waals surface area contributed by atoms with E-state index in [9.17, 15) is 19.2 Å². The SMILES string of the molecule is CC(=O)N[C@H]1[C@H](OCCC(=O)OCc2ccccc2)O[C@H](COC(C)=O)[C@H](C)[C@@H]1OC(C)=O. The minimum Gasteiger partial charge on any atom is -0.463 e. The molecule has 1 aliphatic heterocycles. The minimum atomic E-state index is -1.04. The summed E-state index contributed by atoms with van der Waals surface area (Å²) in [6, 6.07) is 8.43. The van der Waals surface area contributed by atoms with E-state index in [2.05, 4.69) is 5.32 Å². The summed E-state index contributed by atoms with van der Waals surface area (Å²) in [6.45, 7) is 5.60. The number of rotatable bonds is 10. The van der Waals surface area contributed by atoms with Crippen LogP contribution in [0.5, 0.6) is 0 Å². The van der Waals surface area contributed by atoms with Gasteiger partial charge in [0.25, 0.3) is 0 Å². The van der Waals surface area contributed by atoms with Gasteiger partial charge in [-0.1, -0.05) is 37.3 Å². The number of hydrogen-bond acceptors (Lipinski definition) is 9. The summed E-state index contributed by atoms with van der Waals surface area (Å²) in [4.78, 5) is 46.8. The van der Waals surface area contributed by atoms with Gasteiger partial charge < -0.3 is 29.0 Å². The smallest absolute Gasteiger partial charge is 0.308 e. The summed E-state index contributed by atoms with van der Waals surface area (Å²) in [5.74, 6) is -2.29. The summed E-state index contributed by atoms with van der Waals surface area (Å²) in [5, 5.41) is 2.70. The number of nitrogens with one attached hydrogen (secondary N) is 1. The summed E-state index contributed by atoms with van der Waals surface area (Å²) >= 11 is 0. The zero-order valence-corrected chi connectivity index (χ0v) is 19.3. The van der Waals surface area contributed by atoms with E-state index in [0.29, 0.717) is 0 Å². The molecule has 2 rings (SSSR count). The van der Waals surface area contributed by atoms with Crippen molar-refractivity contribution in [3.63, 3.8) is 0 Å². The molecule has 10 heteroatoms. The Bertz CT molecular complexity index is 813. The predicted molar refractivity (Wildman–Crippen MR) is 114 cm³/mol. The van der Waals surface area contributed by atoms with Gasteiger partial charge in [0.2, 0.25) is 5.91 Å². The molecule has 1 fully saturated rings. The number of benzene rings is 1. The third-order valence-corrected chi connectivity index (χ3v) is 5.01. The molecule has 1 amide bonds. The van der Waals surface area contributed by atoms with Crippen LogP contribution in [-0.2, 0) is 49.5 Å². The molecule has 33 heavy (non-hydrogen) atoms. The van der Waals surface area contributed by atoms with E-state index in [0.717, 1.165) is 5.56 Å². The van der Waals surface area contributed by atoms with Crippen molar-refractivity contribution in [2.24, 2.45) is 5.92 Å². The van der Waals surface area contributed by atoms with Crippen LogP contribution in [0.25, 0.3) is 0 Å². The molecule has 1 N–H and O–H groups in total. The van der Waals surface area contributed by atoms with Crippen LogP contribution in [0.4, 0.5) is 0 Å². The minimum absolute atomic E-state index is 0.0537. The normalized spacial score (nSPS) is 24.4. The topological polar surface area (TPSA) is 126 Å². The summed E-state index contributed by atoms with van der Waals surface area (Å²) in [5.41, 5.74) is 0.861. The molecule has 1 heterocycles. The zero-order chi connectivity index (χ0) is 24.4. The lowest BCUT2D eigenvalue weighted by atomic mass is 9.89. The Morgan fingerprint density at radius 2 is 1.70 bits per heavy atom. The van der Waals surface area contributed by atoms with Gasteiger partial charge in [-0.2, -0.15) is 0 Å². The Balaban J connectivity index is 2.02. The first-order valence-electron chi connectivity index (χ1n) is 10.7. The lowest BCUT2D eigenvalue weighted by molar-refractivity contribution is -0.260. The number of carbonyl (C=O) groups is 4. The first-order chi connectivity index (χ1) is 15.7. The van der Waals surface area contributed by atoms with E-state index in [1.165, 1.54) is 20.8 Å². The van der Waals surface area contributed by atoms with Crippen molar-refractivity contribution in [3.8, 4) is 0 Å². The van der Waals surface area contributed by atoms with Crippen molar-refractivity contribution in [2.45, 2.75) is 65.3 Å². The molecule has 0 saturated carbocycles. The molecule has 0 aliphatic carbocycles. The molecular formula is C23H31NO9. The van der Waals surface area contributed by atoms with Gasteiger partial charge in [-0.05, 0) is 5.56 Å². The molecule has 1 aliphatic rings. The summed E-state index contributed by atoms with van der Waals surface area (Å²) in [6.07, 6.45) is -2.55. The van der Waals surface area contributed by atoms with Gasteiger partial charge in [0.05, 0.1) is 13.0 Å². The van der Waals surface area contributed by atoms with Crippen molar-refractivity contribution < 1.29 is 42.9 Å². The van der Waals surface area contributed by atoms with Crippen molar-refractivity contribution in [1.82, 2.24) is 5.32 Å². The predicted octanol–water partition coefficient (Wildman–Crippen LogP) is 1.50. The standard InChI is InChI=1S/C23H31NO9/c1-14-19(13-30-16(3)26)33-23(21(24-15(2)25)22(14)32-17(4)27)29-11-10-20(28)31-12-18-8-6-5-7-9-18/h5-9,14,19,21-23H,10-13H2,1-4H3,(H,24,25)/t14-,19+,21+,22-,23+/m0/s1. The highest BCUT2D eigenvalue weighted by atomic mass is 16.7. The van der Waals surface area contributed by atoms with Crippen molar-refractivity contribution in [2.75, 3.05) is 13.2 Å². The number of amides is 1. The van der Waals surface area contributed by atoms with Gasteiger partial charge in [-0.15, -0.1) is 0 Å². The lowest BCUT2D eigenvalue weighted by Gasteiger charge is -2.44. The second-order valence-electron chi connectivity index (χ2n) is 7.77. The van der Waals surface area contributed by atoms with Crippen LogP contribution >= 0.6 is 0 Å². The molecule has 0 spiro atoms. The molecule has 1 saturated heterocycles. The second-order valence-corrected chi connectivity index (χ2v) is 7.77. The molecule has 182 valence electrons. The van der Waals surface area contributed by atoms with Gasteiger partial charge in [-0.3, -0.25) is 19.2 Å². The number of carbonyl (C=O) groups excluding carboxylic acids is 4. The van der Waals surface area contributed by atoms with Crippen LogP contribution in [0.15, 0.2) is 30.3 Å². The van der Waals surface area contributed by atoms with E-state index in [-0.39, 0.29) is 32.1 Å². The molecule has 0 unspecified atom stereocenters. The van der Waals surface area contributed by atoms with Crippen molar-refractivity contribution in [1.29, 1.82) is 0 Å². The van der Waals surface area contributed by atoms with E-state index >= 15 is 0 Å². The lowest BCUT2D eigenvalue weighted by Crippen LogP contribution is -2.63. The second kappa shape index (κ2) is 12.9. The number of esters is 3. The molecule has 1 aromatic rings. The Morgan fingerprint density at radius 1 is 1.00 bits per heavy atom. The number of hydrogen-bond donors (Lipinski definition) is 1. The van der Waals surface area contributed by atoms with Crippen LogP contribution in [0.2, 0.25) is 0 Å². The van der Waals surface area contributed by atoms with Crippen LogP contribution in [0, 0.1) is 5.92 Å². The molecule has 5 atom stereocenters. The third kappa shape index (κ3) is 8.82. The average Bonchev–Trinajstić information content (AvgIpc) is 2.75. The van der Waals surface area contributed by atoms with E-state index < -0.39 is 48.4 Å². The Labute approximate surface area is 192 Å². The van der Waals surface area contributed by atoms with Gasteiger partial charge in [0.1, 0.15) is 31.5 Å². The summed E-state index contributed by atoms with van der Waals surface area (Å²) in [7, 11) is 0. The fraction of sp³-hybridized carbons (Fsp3) is 0.565. The highest BCUT2D eigenvalue weighted by Crippen LogP contribution is 2.29. The third-order valence-electron chi connectivity index (χ3n) is 5.01. The monoisotopic (exact) mass is 465 g/mol. The Kier molecular flexibility index (Phi) is 10.3. The van der Waals surface area contributed by atoms with E-state index in [4.69, 9.17) is 23.7 Å². The molecule has 10 nitrogen and oxygen atoms in total. The Hall–Kier alpha value is -2.98. The highest BCUT2D eigenvalue weighted by Gasteiger charge is 2.47. The first kappa shape index (κ1) is 26.3. The summed E-state index contributed by atoms with van der Waals surface area (Å²) < 4.78 is 27.4. The van der Waals surface area contributed by atoms with Crippen LogP contribution in [0.1, 0.15) is 39.7 Å². The fourth-order valence-corrected chi connectivity index (χ4v) is 3.43. The maximum atomic E-state index is 12.1. The molecule has 0 radical (unpaired) electrons. The fourth-order valence-electron chi connectivity index (χ4n) is 3.43. The van der Waals surface area contributed by atoms with Crippen LogP contribution in [-0.4, -0.2) is 61.6 Å². The van der Waals surface area contributed by atoms with E-state index in [1.807, 2.05) is 30.3 Å². The molecule has 0 aromatic heterocycles. The van der Waals surface area contributed by atoms with Gasteiger partial charge in [0, 0.05) is 26.7 Å². The van der Waals surface area contributed by atoms with Crippen LogP contribution in [0.3, 0.4) is 0 Å². The molecular weight excluding hydrogens is 434 g/mol. The van der Waals surface area contributed by atoms with Gasteiger partial charge in [-0.25, -0.2) is 0 Å². The maximum absolute atomic E-state index is 12.1. The zero-order valence-electron chi connectivity index (χ0n) is 19.3. The molecule has 1 aromatic carbocycles. The van der Waals surface area contributed by atoms with Crippen molar-refractivity contribution in [3.05, 3.63) is 35.9 Å². The van der Waals surface area contributed by atoms with Crippen molar-refractivity contribution >= 4 is 23.8 Å². The van der Waals surface area contributed by atoms with Crippen LogP contribution < -0.4 is 5.32 Å². The Morgan fingerprint density at radius 3 is 2.30 bits per heavy atom. The average molecular weight is 465 g/mol. The quantitative estimate of drug-likeness (QED) is 0.404. The van der Waals surface area contributed by atoms with Gasteiger partial charge in [0.15, 0.2) is 6.29 Å². The molecule has 0 bridgehead atoms. The van der Waals surface area contributed by atoms with E-state index in [1.54, 1.807) is 6.92 Å². The first-order valence-corrected chi connectivity index (χ1v) is 10.7. The largest absolute Gasteiger partial charge is 0.463 e. The van der Waals surface area contributed by atoms with Gasteiger partial charge >= 0.3 is 17.9 Å². The maximum Gasteiger partial charge on any atom is 0.308 e. The highest BCUT2D eigenvalue weighted by molar-refractivity contribution is 5.73. The number of ether oxygens (including phenoxy) is 5.